The van der Waals surface area contributed by atoms with E-state index in [2.05, 4.69) is 40.0 Å². The van der Waals surface area contributed by atoms with E-state index in [0.29, 0.717) is 25.4 Å². The summed E-state index contributed by atoms with van der Waals surface area (Å²) in [6.45, 7) is 4.13. The summed E-state index contributed by atoms with van der Waals surface area (Å²) >= 11 is 0. The molecule has 25 heavy (non-hydrogen) atoms. The van der Waals surface area contributed by atoms with Gasteiger partial charge in [0.15, 0.2) is 5.96 Å². The highest BCUT2D eigenvalue weighted by Crippen LogP contribution is 2.27. The maximum atomic E-state index is 11.9. The SMILES string of the molecule is CN=C(NCCNC(=O)CC1CCCC1)NCc1ccccc1C.I. The van der Waals surface area contributed by atoms with Crippen LogP contribution in [0.1, 0.15) is 43.2 Å². The quantitative estimate of drug-likeness (QED) is 0.255. The van der Waals surface area contributed by atoms with Crippen molar-refractivity contribution in [2.24, 2.45) is 10.9 Å². The number of nitrogens with zero attached hydrogens (tertiary/aromatic N) is 1. The Morgan fingerprint density at radius 1 is 1.12 bits per heavy atom. The first-order valence-corrected chi connectivity index (χ1v) is 8.94. The Bertz CT molecular complexity index is 556. The van der Waals surface area contributed by atoms with Crippen LogP contribution in [0, 0.1) is 12.8 Å². The third-order valence-electron chi connectivity index (χ3n) is 4.62. The molecule has 0 bridgehead atoms. The van der Waals surface area contributed by atoms with Gasteiger partial charge < -0.3 is 16.0 Å². The van der Waals surface area contributed by atoms with Gasteiger partial charge in [-0.1, -0.05) is 37.1 Å². The Labute approximate surface area is 168 Å². The summed E-state index contributed by atoms with van der Waals surface area (Å²) in [6, 6.07) is 8.30. The standard InChI is InChI=1S/C19H30N4O.HI/c1-15-7-3-6-10-17(15)14-23-19(20-2)22-12-11-21-18(24)13-16-8-4-5-9-16;/h3,6-7,10,16H,4-5,8-9,11-14H2,1-2H3,(H,21,24)(H2,20,22,23);1H. The first-order chi connectivity index (χ1) is 11.7. The molecule has 0 unspecified atom stereocenters. The third-order valence-corrected chi connectivity index (χ3v) is 4.62. The molecule has 0 spiro atoms. The van der Waals surface area contributed by atoms with Gasteiger partial charge in [-0.25, -0.2) is 0 Å². The number of amides is 1. The third kappa shape index (κ3) is 8.07. The van der Waals surface area contributed by atoms with Crippen molar-refractivity contribution in [1.29, 1.82) is 0 Å². The molecule has 0 atom stereocenters. The molecule has 6 heteroatoms. The van der Waals surface area contributed by atoms with Gasteiger partial charge in [0.1, 0.15) is 0 Å². The topological polar surface area (TPSA) is 65.5 Å². The highest BCUT2D eigenvalue weighted by Gasteiger charge is 2.17. The molecule has 1 aliphatic carbocycles. The van der Waals surface area contributed by atoms with E-state index in [1.54, 1.807) is 7.05 Å². The summed E-state index contributed by atoms with van der Waals surface area (Å²) in [7, 11) is 1.76. The number of hydrogen-bond acceptors (Lipinski definition) is 2. The number of carbonyl (C=O) groups is 1. The summed E-state index contributed by atoms with van der Waals surface area (Å²) < 4.78 is 0. The van der Waals surface area contributed by atoms with Gasteiger partial charge in [-0.05, 0) is 36.8 Å². The molecule has 0 heterocycles. The zero-order valence-electron chi connectivity index (χ0n) is 15.3. The number of guanidine groups is 1. The van der Waals surface area contributed by atoms with E-state index in [1.807, 2.05) is 12.1 Å². The molecule has 1 aliphatic rings. The van der Waals surface area contributed by atoms with Crippen molar-refractivity contribution in [3.05, 3.63) is 35.4 Å². The van der Waals surface area contributed by atoms with Crippen molar-refractivity contribution in [1.82, 2.24) is 16.0 Å². The molecular formula is C19H31IN4O. The maximum Gasteiger partial charge on any atom is 0.220 e. The lowest BCUT2D eigenvalue weighted by Gasteiger charge is -2.14. The smallest absolute Gasteiger partial charge is 0.220 e. The van der Waals surface area contributed by atoms with E-state index in [0.717, 1.165) is 12.5 Å². The first-order valence-electron chi connectivity index (χ1n) is 8.94. The zero-order chi connectivity index (χ0) is 17.2. The number of carbonyl (C=O) groups excluding carboxylic acids is 1. The van der Waals surface area contributed by atoms with Crippen LogP contribution in [0.2, 0.25) is 0 Å². The van der Waals surface area contributed by atoms with Gasteiger partial charge in [0, 0.05) is 33.1 Å². The molecule has 140 valence electrons. The fraction of sp³-hybridized carbons (Fsp3) is 0.579. The van der Waals surface area contributed by atoms with Crippen molar-refractivity contribution in [3.8, 4) is 0 Å². The molecule has 1 aromatic rings. The summed E-state index contributed by atoms with van der Waals surface area (Å²) in [6.07, 6.45) is 5.66. The van der Waals surface area contributed by atoms with Crippen LogP contribution < -0.4 is 16.0 Å². The molecule has 0 radical (unpaired) electrons. The molecule has 0 aromatic heterocycles. The van der Waals surface area contributed by atoms with E-state index in [9.17, 15) is 4.79 Å². The minimum Gasteiger partial charge on any atom is -0.355 e. The molecule has 1 amide bonds. The van der Waals surface area contributed by atoms with Crippen molar-refractivity contribution in [3.63, 3.8) is 0 Å². The second-order valence-corrected chi connectivity index (χ2v) is 6.48. The number of benzene rings is 1. The maximum absolute atomic E-state index is 11.9. The Balaban J connectivity index is 0.00000312. The van der Waals surface area contributed by atoms with E-state index < -0.39 is 0 Å². The number of nitrogens with one attached hydrogen (secondary N) is 3. The molecule has 1 saturated carbocycles. The molecular weight excluding hydrogens is 427 g/mol. The lowest BCUT2D eigenvalue weighted by molar-refractivity contribution is -0.121. The lowest BCUT2D eigenvalue weighted by Crippen LogP contribution is -2.41. The van der Waals surface area contributed by atoms with Crippen LogP contribution >= 0.6 is 24.0 Å². The number of hydrogen-bond donors (Lipinski definition) is 3. The second-order valence-electron chi connectivity index (χ2n) is 6.48. The largest absolute Gasteiger partial charge is 0.355 e. The van der Waals surface area contributed by atoms with Crippen molar-refractivity contribution < 1.29 is 4.79 Å². The van der Waals surface area contributed by atoms with Gasteiger partial charge in [0.05, 0.1) is 0 Å². The fourth-order valence-corrected chi connectivity index (χ4v) is 3.14. The lowest BCUT2D eigenvalue weighted by atomic mass is 10.0. The van der Waals surface area contributed by atoms with E-state index >= 15 is 0 Å². The minimum absolute atomic E-state index is 0. The van der Waals surface area contributed by atoms with Crippen LogP contribution in [-0.2, 0) is 11.3 Å². The van der Waals surface area contributed by atoms with Crippen LogP contribution in [0.3, 0.4) is 0 Å². The van der Waals surface area contributed by atoms with Crippen LogP contribution in [-0.4, -0.2) is 32.0 Å². The Morgan fingerprint density at radius 3 is 2.48 bits per heavy atom. The summed E-state index contributed by atoms with van der Waals surface area (Å²) in [5.41, 5.74) is 2.52. The summed E-state index contributed by atoms with van der Waals surface area (Å²) in [4.78, 5) is 16.1. The molecule has 1 aromatic carbocycles. The first kappa shape index (κ1) is 21.7. The number of aliphatic imine (C=N–C) groups is 1. The number of rotatable bonds is 7. The Hall–Kier alpha value is -1.31. The normalized spacial score (nSPS) is 14.7. The molecule has 5 nitrogen and oxygen atoms in total. The van der Waals surface area contributed by atoms with E-state index in [-0.39, 0.29) is 29.9 Å². The Morgan fingerprint density at radius 2 is 1.80 bits per heavy atom. The van der Waals surface area contributed by atoms with Crippen LogP contribution in [0.5, 0.6) is 0 Å². The summed E-state index contributed by atoms with van der Waals surface area (Å²) in [5, 5.41) is 9.52. The van der Waals surface area contributed by atoms with Crippen molar-refractivity contribution in [2.45, 2.75) is 45.6 Å². The van der Waals surface area contributed by atoms with Crippen molar-refractivity contribution in [2.75, 3.05) is 20.1 Å². The van der Waals surface area contributed by atoms with Gasteiger partial charge in [0.25, 0.3) is 0 Å². The summed E-state index contributed by atoms with van der Waals surface area (Å²) in [5.74, 6) is 1.52. The fourth-order valence-electron chi connectivity index (χ4n) is 3.14. The zero-order valence-corrected chi connectivity index (χ0v) is 17.6. The predicted molar refractivity (Wildman–Crippen MR) is 114 cm³/mol. The molecule has 3 N–H and O–H groups in total. The molecule has 2 rings (SSSR count). The Kier molecular flexibility index (Phi) is 10.5. The molecule has 1 fully saturated rings. The average Bonchev–Trinajstić information content (AvgIpc) is 3.08. The second kappa shape index (κ2) is 12.1. The van der Waals surface area contributed by atoms with E-state index in [1.165, 1.54) is 36.8 Å². The highest BCUT2D eigenvalue weighted by molar-refractivity contribution is 14.0. The van der Waals surface area contributed by atoms with Gasteiger partial charge in [-0.3, -0.25) is 9.79 Å². The van der Waals surface area contributed by atoms with Gasteiger partial charge in [-0.2, -0.15) is 0 Å². The van der Waals surface area contributed by atoms with Gasteiger partial charge in [0.2, 0.25) is 5.91 Å². The average molecular weight is 458 g/mol. The molecule has 0 aliphatic heterocycles. The van der Waals surface area contributed by atoms with Crippen LogP contribution in [0.4, 0.5) is 0 Å². The van der Waals surface area contributed by atoms with Crippen LogP contribution in [0.15, 0.2) is 29.3 Å². The monoisotopic (exact) mass is 458 g/mol. The predicted octanol–water partition coefficient (Wildman–Crippen LogP) is 2.97. The number of aryl methyl sites for hydroxylation is 1. The van der Waals surface area contributed by atoms with Gasteiger partial charge >= 0.3 is 0 Å². The van der Waals surface area contributed by atoms with Crippen LogP contribution in [0.25, 0.3) is 0 Å². The van der Waals surface area contributed by atoms with Crippen molar-refractivity contribution >= 4 is 35.8 Å². The van der Waals surface area contributed by atoms with E-state index in [4.69, 9.17) is 0 Å². The highest BCUT2D eigenvalue weighted by atomic mass is 127. The van der Waals surface area contributed by atoms with Gasteiger partial charge in [-0.15, -0.1) is 24.0 Å². The number of halogens is 1. The minimum atomic E-state index is 0. The molecule has 0 saturated heterocycles.